The molecule has 0 amide bonds. The molecule has 0 aliphatic rings. The fraction of sp³-hybridized carbons (Fsp3) is 0.222. The predicted octanol–water partition coefficient (Wildman–Crippen LogP) is 3.52. The Bertz CT molecular complexity index is 765. The van der Waals surface area contributed by atoms with Crippen LogP contribution in [0.15, 0.2) is 48.5 Å². The highest BCUT2D eigenvalue weighted by atomic mass is 16.6. The minimum absolute atomic E-state index is 0.0231. The number of nitro benzene ring substituents is 1. The molecule has 0 bridgehead atoms. The van der Waals surface area contributed by atoms with Gasteiger partial charge in [-0.05, 0) is 43.7 Å². The molecular formula is C18H17NO6. The van der Waals surface area contributed by atoms with Crippen LogP contribution in [-0.4, -0.2) is 23.0 Å². The summed E-state index contributed by atoms with van der Waals surface area (Å²) in [6.07, 6.45) is -0.199. The second-order valence-electron chi connectivity index (χ2n) is 5.53. The molecule has 0 aliphatic heterocycles. The van der Waals surface area contributed by atoms with Crippen LogP contribution in [0.4, 0.5) is 5.69 Å². The van der Waals surface area contributed by atoms with Crippen LogP contribution in [0, 0.1) is 10.1 Å². The number of esters is 2. The Balaban J connectivity index is 1.93. The molecule has 0 N–H and O–H groups in total. The molecule has 0 atom stereocenters. The van der Waals surface area contributed by atoms with Crippen molar-refractivity contribution in [3.8, 4) is 0 Å². The van der Waals surface area contributed by atoms with Crippen molar-refractivity contribution in [1.82, 2.24) is 0 Å². The number of non-ortho nitro benzene ring substituents is 1. The van der Waals surface area contributed by atoms with Crippen LogP contribution in [0.1, 0.15) is 40.1 Å². The number of nitrogens with zero attached hydrogens (tertiary/aromatic N) is 1. The Hall–Kier alpha value is -3.22. The summed E-state index contributed by atoms with van der Waals surface area (Å²) in [5, 5.41) is 10.6. The maximum absolute atomic E-state index is 11.9. The zero-order valence-corrected chi connectivity index (χ0v) is 13.8. The largest absolute Gasteiger partial charge is 0.459 e. The maximum atomic E-state index is 11.9. The van der Waals surface area contributed by atoms with E-state index in [1.54, 1.807) is 38.1 Å². The van der Waals surface area contributed by atoms with Crippen LogP contribution in [0.5, 0.6) is 0 Å². The van der Waals surface area contributed by atoms with E-state index in [0.29, 0.717) is 11.1 Å². The second kappa shape index (κ2) is 8.05. The Morgan fingerprint density at radius 1 is 0.960 bits per heavy atom. The van der Waals surface area contributed by atoms with E-state index in [4.69, 9.17) is 9.47 Å². The van der Waals surface area contributed by atoms with E-state index < -0.39 is 16.9 Å². The Morgan fingerprint density at radius 2 is 1.48 bits per heavy atom. The standard InChI is InChI=1S/C18H17NO6/c1-12(2)25-18(21)15-5-3-13(4-6-15)11-24-17(20)14-7-9-16(10-8-14)19(22)23/h3-10,12H,11H2,1-2H3. The number of ether oxygens (including phenoxy) is 2. The lowest BCUT2D eigenvalue weighted by Gasteiger charge is -2.09. The molecule has 0 spiro atoms. The molecule has 0 aliphatic carbocycles. The Morgan fingerprint density at radius 3 is 2.00 bits per heavy atom. The van der Waals surface area contributed by atoms with Gasteiger partial charge >= 0.3 is 11.9 Å². The Labute approximate surface area is 144 Å². The number of hydrogen-bond donors (Lipinski definition) is 0. The first kappa shape index (κ1) is 18.1. The lowest BCUT2D eigenvalue weighted by molar-refractivity contribution is -0.384. The molecule has 25 heavy (non-hydrogen) atoms. The molecule has 0 fully saturated rings. The second-order valence-corrected chi connectivity index (χ2v) is 5.53. The molecule has 2 aromatic rings. The molecule has 0 saturated carbocycles. The number of carbonyl (C=O) groups excluding carboxylic acids is 2. The molecule has 7 nitrogen and oxygen atoms in total. The van der Waals surface area contributed by atoms with Crippen molar-refractivity contribution >= 4 is 17.6 Å². The van der Waals surface area contributed by atoms with Gasteiger partial charge in [0.2, 0.25) is 0 Å². The number of hydrogen-bond acceptors (Lipinski definition) is 6. The zero-order valence-electron chi connectivity index (χ0n) is 13.8. The third kappa shape index (κ3) is 5.13. The first-order valence-electron chi connectivity index (χ1n) is 7.58. The van der Waals surface area contributed by atoms with Crippen LogP contribution in [0.25, 0.3) is 0 Å². The summed E-state index contributed by atoms with van der Waals surface area (Å²) in [5.41, 5.74) is 1.25. The molecule has 0 aromatic heterocycles. The highest BCUT2D eigenvalue weighted by Gasteiger charge is 2.12. The van der Waals surface area contributed by atoms with E-state index in [9.17, 15) is 19.7 Å². The molecule has 2 aromatic carbocycles. The van der Waals surface area contributed by atoms with Crippen molar-refractivity contribution in [2.75, 3.05) is 0 Å². The minimum Gasteiger partial charge on any atom is -0.459 e. The monoisotopic (exact) mass is 343 g/mol. The first-order valence-corrected chi connectivity index (χ1v) is 7.58. The molecule has 0 heterocycles. The van der Waals surface area contributed by atoms with Gasteiger partial charge in [-0.25, -0.2) is 9.59 Å². The highest BCUT2D eigenvalue weighted by molar-refractivity contribution is 5.90. The van der Waals surface area contributed by atoms with Gasteiger partial charge in [-0.3, -0.25) is 10.1 Å². The SMILES string of the molecule is CC(C)OC(=O)c1ccc(COC(=O)c2ccc([N+](=O)[O-])cc2)cc1. The van der Waals surface area contributed by atoms with Crippen LogP contribution < -0.4 is 0 Å². The van der Waals surface area contributed by atoms with Crippen LogP contribution in [-0.2, 0) is 16.1 Å². The van der Waals surface area contributed by atoms with Gasteiger partial charge in [0.05, 0.1) is 22.2 Å². The molecule has 0 radical (unpaired) electrons. The maximum Gasteiger partial charge on any atom is 0.338 e. The van der Waals surface area contributed by atoms with Gasteiger partial charge in [0.1, 0.15) is 6.61 Å². The first-order chi connectivity index (χ1) is 11.9. The number of nitro groups is 1. The van der Waals surface area contributed by atoms with Crippen molar-refractivity contribution in [3.63, 3.8) is 0 Å². The number of benzene rings is 2. The fourth-order valence-electron chi connectivity index (χ4n) is 1.97. The van der Waals surface area contributed by atoms with Gasteiger partial charge in [0.15, 0.2) is 0 Å². The fourth-order valence-corrected chi connectivity index (χ4v) is 1.97. The third-order valence-electron chi connectivity index (χ3n) is 3.22. The third-order valence-corrected chi connectivity index (χ3v) is 3.22. The van der Waals surface area contributed by atoms with Crippen molar-refractivity contribution in [3.05, 3.63) is 75.3 Å². The van der Waals surface area contributed by atoms with Crippen molar-refractivity contribution in [2.24, 2.45) is 0 Å². The Kier molecular flexibility index (Phi) is 5.84. The normalized spacial score (nSPS) is 10.4. The molecule has 7 heteroatoms. The molecular weight excluding hydrogens is 326 g/mol. The lowest BCUT2D eigenvalue weighted by atomic mass is 10.1. The average Bonchev–Trinajstić information content (AvgIpc) is 2.59. The van der Waals surface area contributed by atoms with Gasteiger partial charge in [-0.15, -0.1) is 0 Å². The summed E-state index contributed by atoms with van der Waals surface area (Å²) >= 11 is 0. The zero-order chi connectivity index (χ0) is 18.4. The van der Waals surface area contributed by atoms with E-state index in [0.717, 1.165) is 0 Å². The highest BCUT2D eigenvalue weighted by Crippen LogP contribution is 2.14. The van der Waals surface area contributed by atoms with Gasteiger partial charge < -0.3 is 9.47 Å². The molecule has 130 valence electrons. The lowest BCUT2D eigenvalue weighted by Crippen LogP contribution is -2.11. The van der Waals surface area contributed by atoms with Gasteiger partial charge in [0, 0.05) is 12.1 Å². The van der Waals surface area contributed by atoms with E-state index in [1.165, 1.54) is 24.3 Å². The molecule has 0 unspecified atom stereocenters. The van der Waals surface area contributed by atoms with Crippen molar-refractivity contribution in [2.45, 2.75) is 26.6 Å². The molecule has 0 saturated heterocycles. The quantitative estimate of drug-likeness (QED) is 0.452. The van der Waals surface area contributed by atoms with E-state index in [1.807, 2.05) is 0 Å². The molecule has 2 rings (SSSR count). The topological polar surface area (TPSA) is 95.7 Å². The van der Waals surface area contributed by atoms with Gasteiger partial charge in [0.25, 0.3) is 5.69 Å². The van der Waals surface area contributed by atoms with Crippen LogP contribution in [0.3, 0.4) is 0 Å². The van der Waals surface area contributed by atoms with E-state index in [-0.39, 0.29) is 24.0 Å². The summed E-state index contributed by atoms with van der Waals surface area (Å²) < 4.78 is 10.2. The van der Waals surface area contributed by atoms with Crippen molar-refractivity contribution in [1.29, 1.82) is 0 Å². The number of carbonyl (C=O) groups is 2. The summed E-state index contributed by atoms with van der Waals surface area (Å²) in [7, 11) is 0. The predicted molar refractivity (Wildman–Crippen MR) is 89.2 cm³/mol. The van der Waals surface area contributed by atoms with E-state index in [2.05, 4.69) is 0 Å². The number of rotatable bonds is 6. The van der Waals surface area contributed by atoms with Crippen LogP contribution in [0.2, 0.25) is 0 Å². The van der Waals surface area contributed by atoms with E-state index >= 15 is 0 Å². The van der Waals surface area contributed by atoms with Crippen LogP contribution >= 0.6 is 0 Å². The average molecular weight is 343 g/mol. The summed E-state index contributed by atoms with van der Waals surface area (Å²) in [4.78, 5) is 33.7. The minimum atomic E-state index is -0.585. The summed E-state index contributed by atoms with van der Waals surface area (Å²) in [6, 6.07) is 11.7. The summed E-state index contributed by atoms with van der Waals surface area (Å²) in [5.74, 6) is -0.998. The van der Waals surface area contributed by atoms with Gasteiger partial charge in [-0.2, -0.15) is 0 Å². The van der Waals surface area contributed by atoms with Crippen molar-refractivity contribution < 1.29 is 24.0 Å². The smallest absolute Gasteiger partial charge is 0.338 e. The van der Waals surface area contributed by atoms with Gasteiger partial charge in [-0.1, -0.05) is 12.1 Å². The summed E-state index contributed by atoms with van der Waals surface area (Å²) in [6.45, 7) is 3.56.